The maximum absolute atomic E-state index is 14.7. The first-order valence-corrected chi connectivity index (χ1v) is 13.2. The van der Waals surface area contributed by atoms with E-state index in [2.05, 4.69) is 25.5 Å². The molecule has 0 bridgehead atoms. The van der Waals surface area contributed by atoms with Gasteiger partial charge in [0, 0.05) is 44.1 Å². The Hall–Kier alpha value is -4.07. The second-order valence-electron chi connectivity index (χ2n) is 10.6. The van der Waals surface area contributed by atoms with E-state index in [-0.39, 0.29) is 53.8 Å². The number of likely N-dealkylation sites (tertiary alicyclic amines) is 1. The summed E-state index contributed by atoms with van der Waals surface area (Å²) < 4.78 is 63.6. The molecule has 2 fully saturated rings. The van der Waals surface area contributed by atoms with E-state index < -0.39 is 18.9 Å². The van der Waals surface area contributed by atoms with Crippen molar-refractivity contribution in [3.05, 3.63) is 48.1 Å². The summed E-state index contributed by atoms with van der Waals surface area (Å²) in [4.78, 5) is 23.3. The Morgan fingerprint density at radius 1 is 1.27 bits per heavy atom. The second kappa shape index (κ2) is 10.4. The van der Waals surface area contributed by atoms with E-state index in [4.69, 9.17) is 4.52 Å². The van der Waals surface area contributed by atoms with E-state index in [1.807, 2.05) is 25.2 Å². The maximum atomic E-state index is 14.7. The lowest BCUT2D eigenvalue weighted by atomic mass is 10.1. The number of amides is 1. The number of halogens is 4. The minimum Gasteiger partial charge on any atom is -0.347 e. The van der Waals surface area contributed by atoms with Crippen LogP contribution in [0.2, 0.25) is 0 Å². The van der Waals surface area contributed by atoms with E-state index in [1.54, 1.807) is 29.1 Å². The van der Waals surface area contributed by atoms with Crippen LogP contribution in [0.5, 0.6) is 0 Å². The number of carbonyl (C=O) groups is 1. The smallest absolute Gasteiger partial charge is 0.347 e. The van der Waals surface area contributed by atoms with Gasteiger partial charge in [0.15, 0.2) is 6.17 Å². The van der Waals surface area contributed by atoms with Gasteiger partial charge in [-0.2, -0.15) is 23.3 Å². The molecule has 3 aromatic heterocycles. The zero-order valence-electron chi connectivity index (χ0n) is 22.4. The van der Waals surface area contributed by atoms with Crippen LogP contribution in [0, 0.1) is 5.92 Å². The van der Waals surface area contributed by atoms with Crippen LogP contribution < -0.4 is 5.32 Å². The van der Waals surface area contributed by atoms with Crippen molar-refractivity contribution in [2.24, 2.45) is 18.0 Å². The summed E-state index contributed by atoms with van der Waals surface area (Å²) >= 11 is 0. The first kappa shape index (κ1) is 27.1. The van der Waals surface area contributed by atoms with Crippen LogP contribution in [0.1, 0.15) is 30.2 Å². The Morgan fingerprint density at radius 2 is 2.10 bits per heavy atom. The number of aromatic nitrogens is 5. The molecule has 1 amide bonds. The highest BCUT2D eigenvalue weighted by atomic mass is 19.4. The molecule has 4 aromatic rings. The molecule has 216 valence electrons. The van der Waals surface area contributed by atoms with Crippen LogP contribution >= 0.6 is 0 Å². The molecule has 1 saturated heterocycles. The Bertz CT molecular complexity index is 1620. The largest absolute Gasteiger partial charge is 0.406 e. The highest BCUT2D eigenvalue weighted by molar-refractivity contribution is 5.99. The van der Waals surface area contributed by atoms with Crippen molar-refractivity contribution in [3.8, 4) is 11.5 Å². The fourth-order valence-corrected chi connectivity index (χ4v) is 5.32. The first-order valence-electron chi connectivity index (χ1n) is 13.2. The standard InChI is InChI=1S/C27H28F4N8O2/c1-37-7-6-21(19(28)13-37)34-20-4-3-5-22-18(20)9-23(39(22)14-27(29,30)31)25-35-24(41-36-25)11-32-26(40)17-8-16(17)15-10-33-38(2)12-15/h3-5,9-10,12,16-17,19H,6-8,11,13-14H2,1-2H3,(H,32,40)/t16-,17+,19-/m0/s1. The lowest BCUT2D eigenvalue weighted by molar-refractivity contribution is -0.139. The number of hydrogen-bond acceptors (Lipinski definition) is 7. The first-order chi connectivity index (χ1) is 19.6. The van der Waals surface area contributed by atoms with Crippen molar-refractivity contribution in [2.45, 2.75) is 44.2 Å². The lowest BCUT2D eigenvalue weighted by Crippen LogP contribution is -2.39. The van der Waals surface area contributed by atoms with Crippen molar-refractivity contribution in [1.29, 1.82) is 0 Å². The molecule has 6 rings (SSSR count). The minimum atomic E-state index is -4.53. The summed E-state index contributed by atoms with van der Waals surface area (Å²) in [5.41, 5.74) is 2.06. The molecule has 14 heteroatoms. The van der Waals surface area contributed by atoms with Crippen molar-refractivity contribution in [3.63, 3.8) is 0 Å². The topological polar surface area (TPSA) is 106 Å². The third kappa shape index (κ3) is 5.73. The van der Waals surface area contributed by atoms with E-state index in [0.29, 0.717) is 36.2 Å². The van der Waals surface area contributed by atoms with Gasteiger partial charge >= 0.3 is 6.18 Å². The third-order valence-corrected chi connectivity index (χ3v) is 7.50. The molecular weight excluding hydrogens is 544 g/mol. The zero-order chi connectivity index (χ0) is 28.9. The van der Waals surface area contributed by atoms with Gasteiger partial charge in [-0.3, -0.25) is 14.5 Å². The van der Waals surface area contributed by atoms with Gasteiger partial charge in [-0.1, -0.05) is 11.2 Å². The van der Waals surface area contributed by atoms with Crippen LogP contribution in [0.15, 0.2) is 46.2 Å². The van der Waals surface area contributed by atoms with Crippen molar-refractivity contribution >= 4 is 28.2 Å². The molecule has 1 aromatic carbocycles. The second-order valence-corrected chi connectivity index (χ2v) is 10.6. The number of fused-ring (bicyclic) bond motifs is 1. The molecule has 1 saturated carbocycles. The van der Waals surface area contributed by atoms with Crippen LogP contribution in [-0.4, -0.2) is 73.5 Å². The Balaban J connectivity index is 1.24. The monoisotopic (exact) mass is 572 g/mol. The SMILES string of the molecule is CN1CCC(=Nc2cccc3c2cc(-c2noc(CNC(=O)[C@@H]4C[C@H]4c4cnn(C)c4)n2)n3CC(F)(F)F)[C@@H](F)C1. The van der Waals surface area contributed by atoms with Crippen molar-refractivity contribution < 1.29 is 26.9 Å². The highest BCUT2D eigenvalue weighted by Gasteiger charge is 2.44. The van der Waals surface area contributed by atoms with E-state index in [1.165, 1.54) is 6.07 Å². The molecular formula is C27H28F4N8O2. The summed E-state index contributed by atoms with van der Waals surface area (Å²) in [5.74, 6) is -0.267. The number of carbonyl (C=O) groups excluding carboxylic acids is 1. The molecule has 0 spiro atoms. The Labute approximate surface area is 232 Å². The van der Waals surface area contributed by atoms with Gasteiger partial charge in [-0.05, 0) is 43.1 Å². The molecule has 0 radical (unpaired) electrons. The van der Waals surface area contributed by atoms with E-state index >= 15 is 0 Å². The number of aliphatic imine (C=N–C) groups is 1. The molecule has 10 nitrogen and oxygen atoms in total. The number of nitrogens with zero attached hydrogens (tertiary/aromatic N) is 7. The average Bonchev–Trinajstić information content (AvgIpc) is 3.18. The predicted octanol–water partition coefficient (Wildman–Crippen LogP) is 4.15. The number of aryl methyl sites for hydroxylation is 1. The summed E-state index contributed by atoms with van der Waals surface area (Å²) in [5, 5.41) is 11.2. The summed E-state index contributed by atoms with van der Waals surface area (Å²) in [7, 11) is 3.63. The molecule has 41 heavy (non-hydrogen) atoms. The Morgan fingerprint density at radius 3 is 2.83 bits per heavy atom. The van der Waals surface area contributed by atoms with Gasteiger partial charge in [-0.15, -0.1) is 0 Å². The minimum absolute atomic E-state index is 0.0582. The third-order valence-electron chi connectivity index (χ3n) is 7.50. The number of rotatable bonds is 7. The van der Waals surface area contributed by atoms with Crippen LogP contribution in [0.4, 0.5) is 23.2 Å². The number of alkyl halides is 4. The molecule has 3 atom stereocenters. The van der Waals surface area contributed by atoms with Gasteiger partial charge in [0.05, 0.1) is 35.4 Å². The van der Waals surface area contributed by atoms with Crippen molar-refractivity contribution in [2.75, 3.05) is 20.1 Å². The molecule has 1 aliphatic carbocycles. The summed E-state index contributed by atoms with van der Waals surface area (Å²) in [6, 6.07) is 6.30. The normalized spacial score (nSPS) is 22.5. The van der Waals surface area contributed by atoms with Crippen LogP contribution in [0.25, 0.3) is 22.4 Å². The number of hydrogen-bond donors (Lipinski definition) is 1. The van der Waals surface area contributed by atoms with E-state index in [0.717, 1.165) is 10.1 Å². The number of nitrogens with one attached hydrogen (secondary N) is 1. The predicted molar refractivity (Wildman–Crippen MR) is 141 cm³/mol. The summed E-state index contributed by atoms with van der Waals surface area (Å²) in [6.45, 7) is -0.502. The van der Waals surface area contributed by atoms with Gasteiger partial charge in [0.1, 0.15) is 6.54 Å². The number of piperidine rings is 1. The lowest BCUT2D eigenvalue weighted by Gasteiger charge is -2.26. The quantitative estimate of drug-likeness (QED) is 0.334. The van der Waals surface area contributed by atoms with Gasteiger partial charge in [0.2, 0.25) is 17.6 Å². The van der Waals surface area contributed by atoms with Crippen LogP contribution in [-0.2, 0) is 24.9 Å². The van der Waals surface area contributed by atoms with Crippen LogP contribution in [0.3, 0.4) is 0 Å². The fraction of sp³-hybridized carbons (Fsp3) is 0.444. The molecule has 4 heterocycles. The molecule has 1 aliphatic heterocycles. The molecule has 2 aliphatic rings. The average molecular weight is 573 g/mol. The molecule has 1 N–H and O–H groups in total. The van der Waals surface area contributed by atoms with Crippen molar-refractivity contribution in [1.82, 2.24) is 34.7 Å². The van der Waals surface area contributed by atoms with Gasteiger partial charge in [-0.25, -0.2) is 4.39 Å². The van der Waals surface area contributed by atoms with Gasteiger partial charge < -0.3 is 19.3 Å². The zero-order valence-corrected chi connectivity index (χ0v) is 22.4. The van der Waals surface area contributed by atoms with E-state index in [9.17, 15) is 22.4 Å². The van der Waals surface area contributed by atoms with Gasteiger partial charge in [0.25, 0.3) is 0 Å². The Kier molecular flexibility index (Phi) is 6.88. The maximum Gasteiger partial charge on any atom is 0.406 e. The molecule has 0 unspecified atom stereocenters. The fourth-order valence-electron chi connectivity index (χ4n) is 5.32. The highest BCUT2D eigenvalue weighted by Crippen LogP contribution is 2.47. The number of benzene rings is 1. The summed E-state index contributed by atoms with van der Waals surface area (Å²) in [6.07, 6.45) is -1.04.